The molecule has 3 aromatic carbocycles. The third-order valence-corrected chi connectivity index (χ3v) is 6.28. The van der Waals surface area contributed by atoms with Crippen molar-refractivity contribution in [2.24, 2.45) is 0 Å². The molecule has 0 radical (unpaired) electrons. The van der Waals surface area contributed by atoms with E-state index in [0.29, 0.717) is 18.7 Å². The van der Waals surface area contributed by atoms with Gasteiger partial charge < -0.3 is 20.3 Å². The lowest BCUT2D eigenvalue weighted by atomic mass is 9.98. The van der Waals surface area contributed by atoms with Crippen LogP contribution in [0.5, 0.6) is 0 Å². The van der Waals surface area contributed by atoms with E-state index in [1.54, 1.807) is 32.6 Å². The van der Waals surface area contributed by atoms with Crippen LogP contribution >= 0.6 is 0 Å². The average Bonchev–Trinajstić information content (AvgIpc) is 2.84. The molecule has 0 aliphatic rings. The molecule has 0 aliphatic carbocycles. The summed E-state index contributed by atoms with van der Waals surface area (Å²) >= 11 is 0. The number of aryl methyl sites for hydroxylation is 2. The van der Waals surface area contributed by atoms with Gasteiger partial charge in [-0.25, -0.2) is 4.79 Å². The molecule has 39 heavy (non-hydrogen) atoms. The third kappa shape index (κ3) is 8.31. The highest BCUT2D eigenvalue weighted by atomic mass is 16.6. The fourth-order valence-electron chi connectivity index (χ4n) is 4.61. The second-order valence-corrected chi connectivity index (χ2v) is 11.1. The number of amides is 3. The summed E-state index contributed by atoms with van der Waals surface area (Å²) < 4.78 is 5.36. The maximum absolute atomic E-state index is 14.0. The summed E-state index contributed by atoms with van der Waals surface area (Å²) in [5, 5.41) is 7.78. The van der Waals surface area contributed by atoms with Crippen LogP contribution in [-0.4, -0.2) is 41.0 Å². The minimum Gasteiger partial charge on any atom is -0.444 e. The van der Waals surface area contributed by atoms with Gasteiger partial charge in [-0.2, -0.15) is 0 Å². The van der Waals surface area contributed by atoms with Gasteiger partial charge in [-0.1, -0.05) is 73.0 Å². The van der Waals surface area contributed by atoms with Crippen LogP contribution in [0.4, 0.5) is 10.5 Å². The number of rotatable bonds is 9. The lowest BCUT2D eigenvalue weighted by Gasteiger charge is -2.34. The van der Waals surface area contributed by atoms with Gasteiger partial charge in [0.1, 0.15) is 17.7 Å². The molecule has 0 aromatic heterocycles. The molecular formula is C32H41N3O4. The molecule has 3 aromatic rings. The van der Waals surface area contributed by atoms with Crippen LogP contribution < -0.4 is 10.6 Å². The molecule has 0 saturated heterocycles. The minimum absolute atomic E-state index is 0.316. The first-order valence-electron chi connectivity index (χ1n) is 13.6. The number of fused-ring (bicyclic) bond motifs is 1. The van der Waals surface area contributed by atoms with Gasteiger partial charge in [0.05, 0.1) is 0 Å². The standard InChI is InChI=1S/C32H41N3O4/c1-8-9-16-35(30(37)23(4)33-31(38)39-32(5,6)7)28(26-18-21(2)17-22(3)19-26)29(36)34-27-15-14-24-12-10-11-13-25(24)20-27/h10-15,17-20,23,28H,8-9,16H2,1-7H3,(H,33,38)(H,34,36). The van der Waals surface area contributed by atoms with Crippen molar-refractivity contribution in [3.8, 4) is 0 Å². The van der Waals surface area contributed by atoms with Gasteiger partial charge in [0.2, 0.25) is 5.91 Å². The van der Waals surface area contributed by atoms with Gasteiger partial charge >= 0.3 is 6.09 Å². The predicted octanol–water partition coefficient (Wildman–Crippen LogP) is 6.68. The smallest absolute Gasteiger partial charge is 0.408 e. The van der Waals surface area contributed by atoms with Crippen LogP contribution in [0.1, 0.15) is 70.2 Å². The largest absolute Gasteiger partial charge is 0.444 e. The molecule has 0 bridgehead atoms. The molecule has 2 N–H and O–H groups in total. The number of carbonyl (C=O) groups excluding carboxylic acids is 3. The quantitative estimate of drug-likeness (QED) is 0.322. The first kappa shape index (κ1) is 29.7. The number of nitrogens with zero attached hydrogens (tertiary/aromatic N) is 1. The van der Waals surface area contributed by atoms with Gasteiger partial charge in [-0.05, 0) is 76.4 Å². The molecule has 3 rings (SSSR count). The van der Waals surface area contributed by atoms with Gasteiger partial charge in [0, 0.05) is 12.2 Å². The first-order chi connectivity index (χ1) is 18.4. The number of carbonyl (C=O) groups is 3. The Hall–Kier alpha value is -3.87. The van der Waals surface area contributed by atoms with Crippen LogP contribution in [0.25, 0.3) is 10.8 Å². The SMILES string of the molecule is CCCCN(C(=O)C(C)NC(=O)OC(C)(C)C)C(C(=O)Nc1ccc2ccccc2c1)c1cc(C)cc(C)c1. The Morgan fingerprint density at radius 3 is 2.18 bits per heavy atom. The lowest BCUT2D eigenvalue weighted by Crippen LogP contribution is -2.51. The molecule has 7 heteroatoms. The van der Waals surface area contributed by atoms with Crippen molar-refractivity contribution >= 4 is 34.4 Å². The second-order valence-electron chi connectivity index (χ2n) is 11.1. The molecule has 2 unspecified atom stereocenters. The van der Waals surface area contributed by atoms with E-state index in [2.05, 4.69) is 10.6 Å². The first-order valence-corrected chi connectivity index (χ1v) is 13.6. The van der Waals surface area contributed by atoms with Crippen LogP contribution in [0.15, 0.2) is 60.7 Å². The molecule has 0 spiro atoms. The van der Waals surface area contributed by atoms with Gasteiger partial charge in [-0.3, -0.25) is 9.59 Å². The van der Waals surface area contributed by atoms with Gasteiger partial charge in [0.15, 0.2) is 0 Å². The molecule has 0 aliphatic heterocycles. The Bertz CT molecular complexity index is 1310. The molecule has 7 nitrogen and oxygen atoms in total. The number of nitrogens with one attached hydrogen (secondary N) is 2. The maximum atomic E-state index is 14.0. The molecule has 208 valence electrons. The summed E-state index contributed by atoms with van der Waals surface area (Å²) in [7, 11) is 0. The summed E-state index contributed by atoms with van der Waals surface area (Å²) in [5.74, 6) is -0.670. The fraction of sp³-hybridized carbons (Fsp3) is 0.406. The van der Waals surface area contributed by atoms with Crippen LogP contribution in [0, 0.1) is 13.8 Å². The molecule has 3 amide bonds. The Balaban J connectivity index is 1.98. The van der Waals surface area contributed by atoms with Crippen molar-refractivity contribution in [2.75, 3.05) is 11.9 Å². The van der Waals surface area contributed by atoms with Crippen molar-refractivity contribution in [1.29, 1.82) is 0 Å². The average molecular weight is 532 g/mol. The highest BCUT2D eigenvalue weighted by molar-refractivity contribution is 6.00. The molecular weight excluding hydrogens is 490 g/mol. The summed E-state index contributed by atoms with van der Waals surface area (Å²) in [6, 6.07) is 17.8. The zero-order chi connectivity index (χ0) is 28.7. The van der Waals surface area contributed by atoms with E-state index in [0.717, 1.165) is 33.9 Å². The van der Waals surface area contributed by atoms with E-state index >= 15 is 0 Å². The molecule has 2 atom stereocenters. The van der Waals surface area contributed by atoms with E-state index in [-0.39, 0.29) is 11.8 Å². The van der Waals surface area contributed by atoms with Crippen molar-refractivity contribution < 1.29 is 19.1 Å². The van der Waals surface area contributed by atoms with Crippen LogP contribution in [-0.2, 0) is 14.3 Å². The zero-order valence-electron chi connectivity index (χ0n) is 24.1. The third-order valence-electron chi connectivity index (χ3n) is 6.28. The number of unbranched alkanes of at least 4 members (excludes halogenated alkanes) is 1. The highest BCUT2D eigenvalue weighted by Gasteiger charge is 2.34. The van der Waals surface area contributed by atoms with E-state index in [1.807, 2.05) is 81.4 Å². The summed E-state index contributed by atoms with van der Waals surface area (Å²) in [5.41, 5.74) is 2.67. The maximum Gasteiger partial charge on any atom is 0.408 e. The number of alkyl carbamates (subject to hydrolysis) is 1. The topological polar surface area (TPSA) is 87.7 Å². The molecule has 0 saturated carbocycles. The Labute approximate surface area is 231 Å². The molecule has 0 heterocycles. The van der Waals surface area contributed by atoms with E-state index < -0.39 is 23.8 Å². The van der Waals surface area contributed by atoms with Crippen LogP contribution in [0.3, 0.4) is 0 Å². The minimum atomic E-state index is -0.892. The fourth-order valence-corrected chi connectivity index (χ4v) is 4.61. The van der Waals surface area contributed by atoms with E-state index in [4.69, 9.17) is 4.74 Å². The predicted molar refractivity (Wildman–Crippen MR) is 157 cm³/mol. The zero-order valence-corrected chi connectivity index (χ0v) is 24.1. The Morgan fingerprint density at radius 1 is 0.923 bits per heavy atom. The van der Waals surface area contributed by atoms with Gasteiger partial charge in [-0.15, -0.1) is 0 Å². The number of hydrogen-bond donors (Lipinski definition) is 2. The van der Waals surface area contributed by atoms with Gasteiger partial charge in [0.25, 0.3) is 5.91 Å². The summed E-state index contributed by atoms with van der Waals surface area (Å²) in [4.78, 5) is 41.9. The van der Waals surface area contributed by atoms with Crippen molar-refractivity contribution in [1.82, 2.24) is 10.2 Å². The van der Waals surface area contributed by atoms with Crippen molar-refractivity contribution in [2.45, 2.75) is 79.0 Å². The summed E-state index contributed by atoms with van der Waals surface area (Å²) in [6.45, 7) is 13.2. The molecule has 0 fully saturated rings. The summed E-state index contributed by atoms with van der Waals surface area (Å²) in [6.07, 6.45) is 0.862. The van der Waals surface area contributed by atoms with Crippen LogP contribution in [0.2, 0.25) is 0 Å². The number of ether oxygens (including phenoxy) is 1. The normalized spacial score (nSPS) is 12.9. The van der Waals surface area contributed by atoms with Crippen molar-refractivity contribution in [3.63, 3.8) is 0 Å². The monoisotopic (exact) mass is 531 g/mol. The Morgan fingerprint density at radius 2 is 1.56 bits per heavy atom. The van der Waals surface area contributed by atoms with E-state index in [1.165, 1.54) is 0 Å². The Kier molecular flexibility index (Phi) is 9.73. The second kappa shape index (κ2) is 12.8. The lowest BCUT2D eigenvalue weighted by molar-refractivity contribution is -0.140. The van der Waals surface area contributed by atoms with E-state index in [9.17, 15) is 14.4 Å². The highest BCUT2D eigenvalue weighted by Crippen LogP contribution is 2.28. The number of benzene rings is 3. The van der Waals surface area contributed by atoms with Crippen molar-refractivity contribution in [3.05, 3.63) is 77.4 Å². The number of anilines is 1. The number of hydrogen-bond acceptors (Lipinski definition) is 4.